The van der Waals surface area contributed by atoms with Gasteiger partial charge in [-0.05, 0) is 27.2 Å². The quantitative estimate of drug-likeness (QED) is 0.552. The number of carbonyl (C=O) groups is 3. The Hall–Kier alpha value is -1.44. The van der Waals surface area contributed by atoms with Crippen LogP contribution in [0.15, 0.2) is 0 Å². The number of carbonyl (C=O) groups excluding carboxylic acids is 2. The number of alkyl carbamates (subject to hydrolysis) is 1. The van der Waals surface area contributed by atoms with E-state index in [4.69, 9.17) is 9.84 Å². The monoisotopic (exact) mass is 320 g/mol. The lowest BCUT2D eigenvalue weighted by Crippen LogP contribution is -2.34. The lowest BCUT2D eigenvalue weighted by Gasteiger charge is -2.19. The van der Waals surface area contributed by atoms with E-state index in [1.165, 1.54) is 11.8 Å². The first-order valence-corrected chi connectivity index (χ1v) is 7.89. The van der Waals surface area contributed by atoms with Crippen LogP contribution in [0.2, 0.25) is 0 Å². The van der Waals surface area contributed by atoms with Crippen LogP contribution in [0.4, 0.5) is 4.79 Å². The van der Waals surface area contributed by atoms with Crippen molar-refractivity contribution in [3.63, 3.8) is 0 Å². The van der Waals surface area contributed by atoms with Gasteiger partial charge < -0.3 is 20.5 Å². The van der Waals surface area contributed by atoms with Crippen molar-refractivity contribution in [1.82, 2.24) is 10.6 Å². The number of rotatable bonds is 9. The van der Waals surface area contributed by atoms with Crippen molar-refractivity contribution in [3.05, 3.63) is 0 Å². The number of nitrogens with one attached hydrogen (secondary N) is 2. The third-order valence-electron chi connectivity index (χ3n) is 2.04. The Kier molecular flexibility index (Phi) is 9.60. The van der Waals surface area contributed by atoms with Gasteiger partial charge in [-0.2, -0.15) is 11.8 Å². The molecular weight excluding hydrogens is 296 g/mol. The molecule has 8 heteroatoms. The highest BCUT2D eigenvalue weighted by atomic mass is 32.2. The van der Waals surface area contributed by atoms with E-state index in [9.17, 15) is 14.4 Å². The Morgan fingerprint density at radius 2 is 1.81 bits per heavy atom. The van der Waals surface area contributed by atoms with Crippen LogP contribution >= 0.6 is 11.8 Å². The summed E-state index contributed by atoms with van der Waals surface area (Å²) in [6.45, 7) is 6.15. The topological polar surface area (TPSA) is 105 Å². The summed E-state index contributed by atoms with van der Waals surface area (Å²) in [6, 6.07) is 0. The molecule has 2 amide bonds. The van der Waals surface area contributed by atoms with Crippen LogP contribution in [0.3, 0.4) is 0 Å². The van der Waals surface area contributed by atoms with Crippen LogP contribution < -0.4 is 10.6 Å². The zero-order chi connectivity index (χ0) is 16.3. The summed E-state index contributed by atoms with van der Waals surface area (Å²) in [5.74, 6) is -0.125. The fraction of sp³-hybridized carbons (Fsp3) is 0.769. The van der Waals surface area contributed by atoms with Gasteiger partial charge >= 0.3 is 12.1 Å². The van der Waals surface area contributed by atoms with Gasteiger partial charge in [-0.3, -0.25) is 9.59 Å². The number of carboxylic acid groups (broad SMARTS) is 1. The van der Waals surface area contributed by atoms with E-state index in [1.807, 2.05) is 0 Å². The third-order valence-corrected chi connectivity index (χ3v) is 3.00. The van der Waals surface area contributed by atoms with Gasteiger partial charge in [-0.1, -0.05) is 0 Å². The van der Waals surface area contributed by atoms with Crippen LogP contribution in [-0.4, -0.2) is 53.3 Å². The van der Waals surface area contributed by atoms with E-state index >= 15 is 0 Å². The molecule has 0 fully saturated rings. The Balaban J connectivity index is 3.48. The summed E-state index contributed by atoms with van der Waals surface area (Å²) in [6.07, 6.45) is 0.000309. The molecule has 0 aromatic heterocycles. The zero-order valence-corrected chi connectivity index (χ0v) is 13.5. The van der Waals surface area contributed by atoms with Crippen molar-refractivity contribution in [1.29, 1.82) is 0 Å². The Morgan fingerprint density at radius 3 is 2.38 bits per heavy atom. The van der Waals surface area contributed by atoms with Crippen LogP contribution in [0, 0.1) is 0 Å². The normalized spacial score (nSPS) is 10.8. The minimum Gasteiger partial charge on any atom is -0.481 e. The van der Waals surface area contributed by atoms with Gasteiger partial charge in [-0.25, -0.2) is 4.79 Å². The van der Waals surface area contributed by atoms with Crippen molar-refractivity contribution in [2.75, 3.05) is 24.6 Å². The second kappa shape index (κ2) is 10.3. The van der Waals surface area contributed by atoms with E-state index in [0.717, 1.165) is 0 Å². The molecule has 0 aromatic carbocycles. The molecule has 0 aromatic rings. The summed E-state index contributed by atoms with van der Waals surface area (Å²) in [4.78, 5) is 33.0. The molecule has 0 bridgehead atoms. The number of aliphatic carboxylic acids is 1. The predicted octanol–water partition coefficient (Wildman–Crippen LogP) is 1.23. The van der Waals surface area contributed by atoms with E-state index in [1.54, 1.807) is 20.8 Å². The number of ether oxygens (including phenoxy) is 1. The van der Waals surface area contributed by atoms with Crippen molar-refractivity contribution in [2.24, 2.45) is 0 Å². The third kappa shape index (κ3) is 14.8. The fourth-order valence-electron chi connectivity index (χ4n) is 1.22. The minimum absolute atomic E-state index is 0.0488. The Bertz CT molecular complexity index is 355. The second-order valence-corrected chi connectivity index (χ2v) is 6.43. The molecule has 21 heavy (non-hydrogen) atoms. The average Bonchev–Trinajstić information content (AvgIpc) is 2.31. The molecule has 0 atom stereocenters. The summed E-state index contributed by atoms with van der Waals surface area (Å²) in [5.41, 5.74) is -0.521. The summed E-state index contributed by atoms with van der Waals surface area (Å²) >= 11 is 1.39. The molecule has 0 rings (SSSR count). The van der Waals surface area contributed by atoms with E-state index in [-0.39, 0.29) is 18.1 Å². The Morgan fingerprint density at radius 1 is 1.14 bits per heavy atom. The maximum atomic E-state index is 11.4. The molecule has 3 N–H and O–H groups in total. The van der Waals surface area contributed by atoms with Crippen molar-refractivity contribution < 1.29 is 24.2 Å². The smallest absolute Gasteiger partial charge is 0.407 e. The standard InChI is InChI=1S/C13H24N2O5S/c1-13(2,3)20-12(19)15-7-8-21-9-10(16)14-6-4-5-11(17)18/h4-9H2,1-3H3,(H,14,16)(H,15,19)(H,17,18). The van der Waals surface area contributed by atoms with E-state index < -0.39 is 17.7 Å². The zero-order valence-electron chi connectivity index (χ0n) is 12.7. The molecule has 0 radical (unpaired) electrons. The number of hydrogen-bond acceptors (Lipinski definition) is 5. The molecule has 0 aliphatic carbocycles. The average molecular weight is 320 g/mol. The van der Waals surface area contributed by atoms with E-state index in [2.05, 4.69) is 10.6 Å². The number of amides is 2. The summed E-state index contributed by atoms with van der Waals surface area (Å²) in [5, 5.41) is 13.7. The molecule has 0 unspecified atom stereocenters. The molecule has 0 saturated heterocycles. The fourth-order valence-corrected chi connectivity index (χ4v) is 1.90. The minimum atomic E-state index is -0.869. The largest absolute Gasteiger partial charge is 0.481 e. The van der Waals surface area contributed by atoms with Gasteiger partial charge in [0.2, 0.25) is 5.91 Å². The molecule has 122 valence electrons. The van der Waals surface area contributed by atoms with Crippen molar-refractivity contribution >= 4 is 29.7 Å². The first kappa shape index (κ1) is 19.6. The highest BCUT2D eigenvalue weighted by Gasteiger charge is 2.15. The molecular formula is C13H24N2O5S. The van der Waals surface area contributed by atoms with Gasteiger partial charge in [0.25, 0.3) is 0 Å². The van der Waals surface area contributed by atoms with Crippen LogP contribution in [-0.2, 0) is 14.3 Å². The Labute approximate surface area is 129 Å². The van der Waals surface area contributed by atoms with Gasteiger partial charge in [0, 0.05) is 25.3 Å². The molecule has 0 aliphatic rings. The van der Waals surface area contributed by atoms with Crippen LogP contribution in [0.1, 0.15) is 33.6 Å². The predicted molar refractivity (Wildman–Crippen MR) is 81.4 cm³/mol. The van der Waals surface area contributed by atoms with Crippen LogP contribution in [0.5, 0.6) is 0 Å². The maximum absolute atomic E-state index is 11.4. The first-order chi connectivity index (χ1) is 9.70. The molecule has 0 heterocycles. The highest BCUT2D eigenvalue weighted by Crippen LogP contribution is 2.06. The van der Waals surface area contributed by atoms with E-state index in [0.29, 0.717) is 25.3 Å². The molecule has 7 nitrogen and oxygen atoms in total. The number of hydrogen-bond donors (Lipinski definition) is 3. The maximum Gasteiger partial charge on any atom is 0.407 e. The molecule has 0 aliphatic heterocycles. The lowest BCUT2D eigenvalue weighted by molar-refractivity contribution is -0.137. The number of carboxylic acids is 1. The first-order valence-electron chi connectivity index (χ1n) is 6.74. The summed E-state index contributed by atoms with van der Waals surface area (Å²) < 4.78 is 5.06. The molecule has 0 saturated carbocycles. The van der Waals surface area contributed by atoms with Gasteiger partial charge in [0.05, 0.1) is 5.75 Å². The van der Waals surface area contributed by atoms with Crippen molar-refractivity contribution in [3.8, 4) is 0 Å². The second-order valence-electron chi connectivity index (χ2n) is 5.33. The summed E-state index contributed by atoms with van der Waals surface area (Å²) in [7, 11) is 0. The molecule has 0 spiro atoms. The highest BCUT2D eigenvalue weighted by molar-refractivity contribution is 7.99. The van der Waals surface area contributed by atoms with Crippen LogP contribution in [0.25, 0.3) is 0 Å². The van der Waals surface area contributed by atoms with Crippen molar-refractivity contribution in [2.45, 2.75) is 39.2 Å². The number of thioether (sulfide) groups is 1. The van der Waals surface area contributed by atoms with Gasteiger partial charge in [0.1, 0.15) is 5.60 Å². The van der Waals surface area contributed by atoms with Gasteiger partial charge in [-0.15, -0.1) is 0 Å². The lowest BCUT2D eigenvalue weighted by atomic mass is 10.2. The van der Waals surface area contributed by atoms with Gasteiger partial charge in [0.15, 0.2) is 0 Å². The SMILES string of the molecule is CC(C)(C)OC(=O)NCCSCC(=O)NCCCC(=O)O.